The quantitative estimate of drug-likeness (QED) is 0.895. The van der Waals surface area contributed by atoms with E-state index in [0.29, 0.717) is 6.04 Å². The smallest absolute Gasteiger partial charge is 0.141 e. The fourth-order valence-corrected chi connectivity index (χ4v) is 2.74. The number of likely N-dealkylation sites (tertiary alicyclic amines) is 1. The van der Waals surface area contributed by atoms with E-state index >= 15 is 0 Å². The van der Waals surface area contributed by atoms with E-state index in [1.54, 1.807) is 6.33 Å². The summed E-state index contributed by atoms with van der Waals surface area (Å²) in [6.07, 6.45) is 5.22. The largest absolute Gasteiger partial charge is 0.329 e. The van der Waals surface area contributed by atoms with Crippen molar-refractivity contribution in [2.24, 2.45) is 11.7 Å². The minimum atomic E-state index is 0. The lowest BCUT2D eigenvalue weighted by Crippen LogP contribution is -2.46. The third kappa shape index (κ3) is 4.16. The molecule has 1 aromatic heterocycles. The second-order valence-corrected chi connectivity index (χ2v) is 5.39. The molecule has 0 spiro atoms. The maximum Gasteiger partial charge on any atom is 0.141 e. The van der Waals surface area contributed by atoms with Gasteiger partial charge in [0, 0.05) is 19.1 Å². The van der Waals surface area contributed by atoms with E-state index in [0.717, 1.165) is 44.3 Å². The standard InChI is InChI=1S/C13H25N5.ClH/c1-3-5-18-13(15-10-16-18)9-17-6-4-11(2)7-12(17)8-14;/h10-12H,3-9,14H2,1-2H3;1H. The average molecular weight is 288 g/mol. The van der Waals surface area contributed by atoms with Crippen molar-refractivity contribution in [3.63, 3.8) is 0 Å². The number of aryl methyl sites for hydroxylation is 1. The molecule has 2 N–H and O–H groups in total. The summed E-state index contributed by atoms with van der Waals surface area (Å²) in [5, 5.41) is 4.28. The van der Waals surface area contributed by atoms with Crippen LogP contribution in [0.5, 0.6) is 0 Å². The van der Waals surface area contributed by atoms with E-state index in [4.69, 9.17) is 5.73 Å². The highest BCUT2D eigenvalue weighted by Crippen LogP contribution is 2.23. The fourth-order valence-electron chi connectivity index (χ4n) is 2.74. The molecule has 1 fully saturated rings. The maximum atomic E-state index is 5.90. The summed E-state index contributed by atoms with van der Waals surface area (Å²) in [6, 6.07) is 0.500. The molecule has 1 aliphatic heterocycles. The van der Waals surface area contributed by atoms with Crippen molar-refractivity contribution < 1.29 is 0 Å². The van der Waals surface area contributed by atoms with Crippen molar-refractivity contribution in [2.75, 3.05) is 13.1 Å². The number of nitrogens with zero attached hydrogens (tertiary/aromatic N) is 4. The zero-order valence-electron chi connectivity index (χ0n) is 12.0. The van der Waals surface area contributed by atoms with Crippen LogP contribution in [0.25, 0.3) is 0 Å². The van der Waals surface area contributed by atoms with Crippen molar-refractivity contribution >= 4 is 12.4 Å². The van der Waals surface area contributed by atoms with Crippen LogP contribution in [0.15, 0.2) is 6.33 Å². The number of aromatic nitrogens is 3. The molecule has 1 aliphatic rings. The summed E-state index contributed by atoms with van der Waals surface area (Å²) in [5.41, 5.74) is 5.90. The second kappa shape index (κ2) is 7.82. The highest BCUT2D eigenvalue weighted by molar-refractivity contribution is 5.85. The van der Waals surface area contributed by atoms with Crippen molar-refractivity contribution in [3.05, 3.63) is 12.2 Å². The molecule has 0 aromatic carbocycles. The minimum Gasteiger partial charge on any atom is -0.329 e. The van der Waals surface area contributed by atoms with Gasteiger partial charge in [0.2, 0.25) is 0 Å². The van der Waals surface area contributed by atoms with Crippen LogP contribution >= 0.6 is 12.4 Å². The normalized spacial score (nSPS) is 24.2. The molecule has 0 bridgehead atoms. The predicted molar refractivity (Wildman–Crippen MR) is 79.2 cm³/mol. The van der Waals surface area contributed by atoms with Gasteiger partial charge in [-0.15, -0.1) is 12.4 Å². The van der Waals surface area contributed by atoms with Gasteiger partial charge in [0.25, 0.3) is 0 Å². The lowest BCUT2D eigenvalue weighted by Gasteiger charge is -2.37. The van der Waals surface area contributed by atoms with Gasteiger partial charge in [-0.25, -0.2) is 9.67 Å². The topological polar surface area (TPSA) is 60.0 Å². The molecule has 0 amide bonds. The number of rotatable bonds is 5. The van der Waals surface area contributed by atoms with E-state index in [1.807, 2.05) is 4.68 Å². The minimum absolute atomic E-state index is 0. The molecule has 5 nitrogen and oxygen atoms in total. The second-order valence-electron chi connectivity index (χ2n) is 5.39. The first kappa shape index (κ1) is 16.4. The van der Waals surface area contributed by atoms with Gasteiger partial charge in [-0.2, -0.15) is 5.10 Å². The van der Waals surface area contributed by atoms with Crippen molar-refractivity contribution in [1.29, 1.82) is 0 Å². The lowest BCUT2D eigenvalue weighted by molar-refractivity contribution is 0.110. The van der Waals surface area contributed by atoms with Crippen molar-refractivity contribution in [3.8, 4) is 0 Å². The van der Waals surface area contributed by atoms with E-state index in [-0.39, 0.29) is 12.4 Å². The molecule has 0 saturated carbocycles. The van der Waals surface area contributed by atoms with Crippen LogP contribution in [-0.4, -0.2) is 38.8 Å². The lowest BCUT2D eigenvalue weighted by atomic mass is 9.92. The Hall–Kier alpha value is -0.650. The van der Waals surface area contributed by atoms with Gasteiger partial charge in [0.15, 0.2) is 0 Å². The molecule has 2 rings (SSSR count). The summed E-state index contributed by atoms with van der Waals surface area (Å²) >= 11 is 0. The third-order valence-corrected chi connectivity index (χ3v) is 3.85. The fraction of sp³-hybridized carbons (Fsp3) is 0.846. The molecule has 2 atom stereocenters. The molecular formula is C13H26ClN5. The van der Waals surface area contributed by atoms with Gasteiger partial charge >= 0.3 is 0 Å². The average Bonchev–Trinajstić information content (AvgIpc) is 2.79. The first-order valence-corrected chi connectivity index (χ1v) is 7.05. The van der Waals surface area contributed by atoms with Crippen LogP contribution in [0, 0.1) is 5.92 Å². The Balaban J connectivity index is 0.00000180. The van der Waals surface area contributed by atoms with Gasteiger partial charge in [-0.05, 0) is 31.7 Å². The SMILES string of the molecule is CCCn1ncnc1CN1CCC(C)CC1CN.Cl. The van der Waals surface area contributed by atoms with Crippen LogP contribution in [0.3, 0.4) is 0 Å². The Morgan fingerprint density at radius 3 is 2.95 bits per heavy atom. The van der Waals surface area contributed by atoms with E-state index in [2.05, 4.69) is 28.8 Å². The molecule has 1 aromatic rings. The summed E-state index contributed by atoms with van der Waals surface area (Å²) in [6.45, 7) is 8.19. The van der Waals surface area contributed by atoms with Crippen molar-refractivity contribution in [2.45, 2.75) is 52.2 Å². The van der Waals surface area contributed by atoms with Crippen LogP contribution in [0.1, 0.15) is 38.9 Å². The maximum absolute atomic E-state index is 5.90. The van der Waals surface area contributed by atoms with Crippen LogP contribution < -0.4 is 5.73 Å². The first-order chi connectivity index (χ1) is 8.74. The molecule has 2 heterocycles. The Morgan fingerprint density at radius 2 is 2.26 bits per heavy atom. The van der Waals surface area contributed by atoms with Gasteiger partial charge in [-0.3, -0.25) is 4.90 Å². The summed E-state index contributed by atoms with van der Waals surface area (Å²) < 4.78 is 2.02. The Bertz CT molecular complexity index is 368. The van der Waals surface area contributed by atoms with Crippen LogP contribution in [0.2, 0.25) is 0 Å². The molecule has 1 saturated heterocycles. The Kier molecular flexibility index (Phi) is 6.75. The summed E-state index contributed by atoms with van der Waals surface area (Å²) in [7, 11) is 0. The van der Waals surface area contributed by atoms with Crippen LogP contribution in [-0.2, 0) is 13.1 Å². The van der Waals surface area contributed by atoms with Crippen LogP contribution in [0.4, 0.5) is 0 Å². The number of piperidine rings is 1. The molecule has 110 valence electrons. The first-order valence-electron chi connectivity index (χ1n) is 7.05. The van der Waals surface area contributed by atoms with Gasteiger partial charge in [0.1, 0.15) is 12.2 Å². The molecule has 2 unspecified atom stereocenters. The zero-order chi connectivity index (χ0) is 13.0. The summed E-state index contributed by atoms with van der Waals surface area (Å²) in [5.74, 6) is 1.87. The van der Waals surface area contributed by atoms with E-state index in [9.17, 15) is 0 Å². The summed E-state index contributed by atoms with van der Waals surface area (Å²) in [4.78, 5) is 6.85. The molecular weight excluding hydrogens is 262 g/mol. The molecule has 0 radical (unpaired) electrons. The zero-order valence-corrected chi connectivity index (χ0v) is 12.8. The van der Waals surface area contributed by atoms with Gasteiger partial charge in [-0.1, -0.05) is 13.8 Å². The third-order valence-electron chi connectivity index (χ3n) is 3.85. The highest BCUT2D eigenvalue weighted by atomic mass is 35.5. The van der Waals surface area contributed by atoms with Gasteiger partial charge in [0.05, 0.1) is 6.54 Å². The predicted octanol–water partition coefficient (Wildman–Crippen LogP) is 1.67. The monoisotopic (exact) mass is 287 g/mol. The van der Waals surface area contributed by atoms with Gasteiger partial charge < -0.3 is 5.73 Å². The molecule has 0 aliphatic carbocycles. The number of halogens is 1. The number of nitrogens with two attached hydrogens (primary N) is 1. The Morgan fingerprint density at radius 1 is 1.47 bits per heavy atom. The molecule has 19 heavy (non-hydrogen) atoms. The van der Waals surface area contributed by atoms with E-state index in [1.165, 1.54) is 12.8 Å². The highest BCUT2D eigenvalue weighted by Gasteiger charge is 2.26. The Labute approximate surface area is 122 Å². The number of hydrogen-bond acceptors (Lipinski definition) is 4. The van der Waals surface area contributed by atoms with E-state index < -0.39 is 0 Å². The van der Waals surface area contributed by atoms with Crippen molar-refractivity contribution in [1.82, 2.24) is 19.7 Å². The molecule has 6 heteroatoms. The number of hydrogen-bond donors (Lipinski definition) is 1.